The quantitative estimate of drug-likeness (QED) is 0.671. The molecule has 1 aliphatic heterocycles. The van der Waals surface area contributed by atoms with Gasteiger partial charge < -0.3 is 4.52 Å². The molecule has 1 fully saturated rings. The fraction of sp³-hybridized carbons (Fsp3) is 0.571. The van der Waals surface area contributed by atoms with Gasteiger partial charge in [-0.2, -0.15) is 0 Å². The molecule has 0 radical (unpaired) electrons. The second-order valence-corrected chi connectivity index (χ2v) is 9.99. The molecular weight excluding hydrogens is 302 g/mol. The maximum atomic E-state index is 13.4. The second kappa shape index (κ2) is 4.49. The van der Waals surface area contributed by atoms with E-state index in [0.717, 1.165) is 0 Å². The molecule has 1 aliphatic rings. The van der Waals surface area contributed by atoms with Crippen LogP contribution in [-0.4, -0.2) is 10.8 Å². The number of hydrogen-bond donors (Lipinski definition) is 0. The Morgan fingerprint density at radius 2 is 1.74 bits per heavy atom. The Labute approximate surface area is 124 Å². The van der Waals surface area contributed by atoms with Gasteiger partial charge >= 0.3 is 0 Å². The van der Waals surface area contributed by atoms with Crippen LogP contribution in [0.3, 0.4) is 0 Å². The van der Waals surface area contributed by atoms with E-state index in [2.05, 4.69) is 6.92 Å². The van der Waals surface area contributed by atoms with Gasteiger partial charge in [0.25, 0.3) is 0 Å². The number of rotatable bonds is 1. The van der Waals surface area contributed by atoms with E-state index < -0.39 is 18.1 Å². The summed E-state index contributed by atoms with van der Waals surface area (Å²) in [6.45, 7) is 10.0. The average Bonchev–Trinajstić information content (AvgIpc) is 2.41. The first kappa shape index (κ1) is 15.4. The third kappa shape index (κ3) is 2.17. The van der Waals surface area contributed by atoms with Crippen LogP contribution < -0.4 is 5.30 Å². The Morgan fingerprint density at radius 3 is 2.16 bits per heavy atom. The summed E-state index contributed by atoms with van der Waals surface area (Å²) in [5.41, 5.74) is -0.425. The molecule has 0 aromatic heterocycles. The van der Waals surface area contributed by atoms with Crippen molar-refractivity contribution < 1.29 is 9.09 Å². The topological polar surface area (TPSA) is 26.3 Å². The number of halogens is 2. The highest BCUT2D eigenvalue weighted by Crippen LogP contribution is 2.70. The van der Waals surface area contributed by atoms with Crippen LogP contribution in [0.5, 0.6) is 0 Å². The van der Waals surface area contributed by atoms with Crippen LogP contribution in [0, 0.1) is 5.92 Å². The molecule has 0 spiro atoms. The summed E-state index contributed by atoms with van der Waals surface area (Å²) in [5.74, 6) is 0.167. The highest BCUT2D eigenvalue weighted by Gasteiger charge is 2.60. The van der Waals surface area contributed by atoms with E-state index in [1.165, 1.54) is 0 Å². The van der Waals surface area contributed by atoms with Gasteiger partial charge in [-0.15, -0.1) is 0 Å². The van der Waals surface area contributed by atoms with Gasteiger partial charge in [0.1, 0.15) is 0 Å². The van der Waals surface area contributed by atoms with E-state index in [1.54, 1.807) is 18.2 Å². The van der Waals surface area contributed by atoms with Crippen molar-refractivity contribution in [2.45, 2.75) is 45.4 Å². The Balaban J connectivity index is 2.60. The molecule has 2 unspecified atom stereocenters. The van der Waals surface area contributed by atoms with Gasteiger partial charge in [-0.25, -0.2) is 0 Å². The Morgan fingerprint density at radius 1 is 1.16 bits per heavy atom. The summed E-state index contributed by atoms with van der Waals surface area (Å²) >= 11 is 12.0. The van der Waals surface area contributed by atoms with Crippen molar-refractivity contribution in [3.63, 3.8) is 0 Å². The number of hydrogen-bond acceptors (Lipinski definition) is 2. The third-order valence-corrected chi connectivity index (χ3v) is 8.80. The first-order chi connectivity index (χ1) is 8.52. The Kier molecular flexibility index (Phi) is 3.64. The summed E-state index contributed by atoms with van der Waals surface area (Å²) in [5, 5.41) is 1.07. The zero-order chi connectivity index (χ0) is 14.6. The molecular formula is C14H19Cl2O2P. The molecule has 0 aliphatic carbocycles. The SMILES string of the molecule is CC1C(C)(C)OP(=O)(c2ccc(Cl)c(Cl)c2)C1(C)C. The third-order valence-electron chi connectivity index (χ3n) is 4.47. The van der Waals surface area contributed by atoms with Crippen molar-refractivity contribution in [1.29, 1.82) is 0 Å². The highest BCUT2D eigenvalue weighted by atomic mass is 35.5. The molecule has 5 heteroatoms. The van der Waals surface area contributed by atoms with E-state index >= 15 is 0 Å². The van der Waals surface area contributed by atoms with Gasteiger partial charge in [-0.3, -0.25) is 4.57 Å². The lowest BCUT2D eigenvalue weighted by atomic mass is 9.83. The summed E-state index contributed by atoms with van der Waals surface area (Å²) in [6, 6.07) is 5.10. The standard InChI is InChI=1S/C14H19Cl2O2P/c1-9-13(2,3)18-19(17,14(9,4)5)10-6-7-11(15)12(16)8-10/h6-9H,1-5H3. The van der Waals surface area contributed by atoms with E-state index in [4.69, 9.17) is 27.7 Å². The molecule has 2 nitrogen and oxygen atoms in total. The van der Waals surface area contributed by atoms with Crippen LogP contribution in [0.4, 0.5) is 0 Å². The van der Waals surface area contributed by atoms with Gasteiger partial charge in [0.15, 0.2) is 0 Å². The molecule has 1 aromatic rings. The van der Waals surface area contributed by atoms with E-state index in [1.807, 2.05) is 27.7 Å². The normalized spacial score (nSPS) is 32.5. The molecule has 1 aromatic carbocycles. The maximum absolute atomic E-state index is 13.4. The van der Waals surface area contributed by atoms with Crippen molar-refractivity contribution in [1.82, 2.24) is 0 Å². The van der Waals surface area contributed by atoms with Gasteiger partial charge in [0.2, 0.25) is 7.37 Å². The van der Waals surface area contributed by atoms with Crippen molar-refractivity contribution in [2.24, 2.45) is 5.92 Å². The first-order valence-electron chi connectivity index (χ1n) is 6.29. The summed E-state index contributed by atoms with van der Waals surface area (Å²) in [6.07, 6.45) is 0. The largest absolute Gasteiger partial charge is 0.318 e. The zero-order valence-electron chi connectivity index (χ0n) is 11.8. The summed E-state index contributed by atoms with van der Waals surface area (Å²) in [7, 11) is -2.99. The lowest BCUT2D eigenvalue weighted by Crippen LogP contribution is -2.35. The molecule has 2 rings (SSSR count). The maximum Gasteiger partial charge on any atom is 0.238 e. The van der Waals surface area contributed by atoms with Gasteiger partial charge in [0.05, 0.1) is 20.8 Å². The van der Waals surface area contributed by atoms with Crippen LogP contribution in [0.15, 0.2) is 18.2 Å². The predicted molar refractivity (Wildman–Crippen MR) is 82.1 cm³/mol. The van der Waals surface area contributed by atoms with Crippen molar-refractivity contribution in [3.05, 3.63) is 28.2 Å². The van der Waals surface area contributed by atoms with E-state index in [0.29, 0.717) is 15.3 Å². The average molecular weight is 321 g/mol. The van der Waals surface area contributed by atoms with Crippen LogP contribution in [0.1, 0.15) is 34.6 Å². The van der Waals surface area contributed by atoms with Crippen molar-refractivity contribution >= 4 is 35.9 Å². The first-order valence-corrected chi connectivity index (χ1v) is 8.67. The van der Waals surface area contributed by atoms with E-state index in [9.17, 15) is 4.57 Å². The van der Waals surface area contributed by atoms with Gasteiger partial charge in [-0.05, 0) is 38.0 Å². The molecule has 0 N–H and O–H groups in total. The predicted octanol–water partition coefficient (Wildman–Crippen LogP) is 5.12. The Hall–Kier alpha value is -0.0100. The molecule has 106 valence electrons. The molecule has 19 heavy (non-hydrogen) atoms. The number of benzene rings is 1. The minimum Gasteiger partial charge on any atom is -0.318 e. The highest BCUT2D eigenvalue weighted by molar-refractivity contribution is 7.68. The smallest absolute Gasteiger partial charge is 0.238 e. The van der Waals surface area contributed by atoms with Gasteiger partial charge in [-0.1, -0.05) is 44.0 Å². The van der Waals surface area contributed by atoms with Crippen LogP contribution in [0.2, 0.25) is 10.0 Å². The fourth-order valence-electron chi connectivity index (χ4n) is 2.69. The molecule has 1 saturated heterocycles. The van der Waals surface area contributed by atoms with Crippen LogP contribution in [-0.2, 0) is 9.09 Å². The van der Waals surface area contributed by atoms with E-state index in [-0.39, 0.29) is 5.92 Å². The van der Waals surface area contributed by atoms with Crippen molar-refractivity contribution in [3.8, 4) is 0 Å². The lowest BCUT2D eigenvalue weighted by Gasteiger charge is -2.30. The monoisotopic (exact) mass is 320 g/mol. The van der Waals surface area contributed by atoms with Gasteiger partial charge in [0, 0.05) is 5.30 Å². The van der Waals surface area contributed by atoms with Crippen molar-refractivity contribution in [2.75, 3.05) is 0 Å². The summed E-state index contributed by atoms with van der Waals surface area (Å²) < 4.78 is 19.4. The minimum atomic E-state index is -2.99. The molecule has 1 heterocycles. The molecule has 0 bridgehead atoms. The minimum absolute atomic E-state index is 0.167. The molecule has 2 atom stereocenters. The van der Waals surface area contributed by atoms with Crippen LogP contribution in [0.25, 0.3) is 0 Å². The molecule has 0 amide bonds. The fourth-order valence-corrected chi connectivity index (χ4v) is 6.28. The molecule has 0 saturated carbocycles. The Bertz CT molecular complexity index is 567. The summed E-state index contributed by atoms with van der Waals surface area (Å²) in [4.78, 5) is 0. The lowest BCUT2D eigenvalue weighted by molar-refractivity contribution is 0.0879. The van der Waals surface area contributed by atoms with Crippen LogP contribution >= 0.6 is 30.6 Å². The zero-order valence-corrected chi connectivity index (χ0v) is 14.2. The second-order valence-electron chi connectivity index (χ2n) is 6.22.